The third-order valence-corrected chi connectivity index (χ3v) is 5.99. The number of fused-ring (bicyclic) bond motifs is 1. The molecule has 0 saturated carbocycles. The minimum atomic E-state index is -0.367. The van der Waals surface area contributed by atoms with Crippen molar-refractivity contribution in [1.29, 1.82) is 0 Å². The number of amides is 1. The molecule has 3 heterocycles. The SMILES string of the molecule is Cc1ccc(-c2ccc3c(N)c(C(=O)Nc4c[n+](-c5ccccc5)no4)sc3n2)cc1. The van der Waals surface area contributed by atoms with Crippen LogP contribution < -0.4 is 15.7 Å². The lowest BCUT2D eigenvalue weighted by Gasteiger charge is -2.01. The first-order valence-corrected chi connectivity index (χ1v) is 10.4. The van der Waals surface area contributed by atoms with Crippen LogP contribution in [0.25, 0.3) is 27.2 Å². The van der Waals surface area contributed by atoms with Crippen molar-refractivity contribution in [1.82, 2.24) is 10.3 Å². The number of nitrogen functional groups attached to an aromatic ring is 1. The second kappa shape index (κ2) is 7.66. The highest BCUT2D eigenvalue weighted by atomic mass is 32.1. The van der Waals surface area contributed by atoms with Gasteiger partial charge in [0, 0.05) is 23.1 Å². The van der Waals surface area contributed by atoms with Crippen LogP contribution in [0, 0.1) is 6.92 Å². The molecular formula is C23H18N5O2S+. The molecule has 152 valence electrons. The number of nitrogens with one attached hydrogen (secondary N) is 1. The zero-order valence-electron chi connectivity index (χ0n) is 16.6. The molecule has 3 aromatic heterocycles. The fourth-order valence-corrected chi connectivity index (χ4v) is 4.21. The zero-order valence-corrected chi connectivity index (χ0v) is 17.4. The Hall–Kier alpha value is -4.04. The summed E-state index contributed by atoms with van der Waals surface area (Å²) in [5.74, 6) is -0.146. The highest BCUT2D eigenvalue weighted by Crippen LogP contribution is 2.34. The normalized spacial score (nSPS) is 11.0. The van der Waals surface area contributed by atoms with E-state index in [1.54, 1.807) is 10.9 Å². The van der Waals surface area contributed by atoms with Gasteiger partial charge in [0.25, 0.3) is 12.1 Å². The molecule has 31 heavy (non-hydrogen) atoms. The molecule has 1 amide bonds. The monoisotopic (exact) mass is 428 g/mol. The van der Waals surface area contributed by atoms with Gasteiger partial charge in [-0.3, -0.25) is 14.6 Å². The number of benzene rings is 2. The van der Waals surface area contributed by atoms with Gasteiger partial charge in [0.1, 0.15) is 9.71 Å². The minimum Gasteiger partial charge on any atom is -0.397 e. The van der Waals surface area contributed by atoms with Gasteiger partial charge in [0.2, 0.25) is 11.0 Å². The molecule has 0 unspecified atom stereocenters. The molecule has 5 aromatic rings. The maximum Gasteiger partial charge on any atom is 0.303 e. The molecule has 0 aliphatic rings. The molecule has 2 aromatic carbocycles. The van der Waals surface area contributed by atoms with Gasteiger partial charge in [-0.05, 0) is 23.7 Å². The molecule has 0 spiro atoms. The van der Waals surface area contributed by atoms with Crippen molar-refractivity contribution in [2.24, 2.45) is 0 Å². The number of pyridine rings is 1. The molecule has 0 atom stereocenters. The Morgan fingerprint density at radius 2 is 1.84 bits per heavy atom. The van der Waals surface area contributed by atoms with E-state index in [9.17, 15) is 4.79 Å². The number of aryl methyl sites for hydroxylation is 1. The average molecular weight is 428 g/mol. The van der Waals surface area contributed by atoms with E-state index in [1.165, 1.54) is 16.9 Å². The van der Waals surface area contributed by atoms with Gasteiger partial charge in [-0.1, -0.05) is 48.0 Å². The summed E-state index contributed by atoms with van der Waals surface area (Å²) in [5, 5.41) is 7.41. The molecule has 5 rings (SSSR count). The van der Waals surface area contributed by atoms with E-state index in [0.717, 1.165) is 22.3 Å². The molecule has 7 nitrogen and oxygen atoms in total. The van der Waals surface area contributed by atoms with Gasteiger partial charge in [-0.25, -0.2) is 4.98 Å². The van der Waals surface area contributed by atoms with E-state index in [-0.39, 0.29) is 11.8 Å². The van der Waals surface area contributed by atoms with Crippen LogP contribution in [0.5, 0.6) is 0 Å². The van der Waals surface area contributed by atoms with Crippen molar-refractivity contribution >= 4 is 39.0 Å². The number of nitrogens with zero attached hydrogens (tertiary/aromatic N) is 3. The Balaban J connectivity index is 1.42. The summed E-state index contributed by atoms with van der Waals surface area (Å²) < 4.78 is 6.78. The standard InChI is InChI=1S/C23H17N5O2S/c1-14-7-9-15(10-8-14)18-12-11-17-20(24)21(31-23(17)25-18)22(29)26-19-13-28(27-30-19)16-5-3-2-4-6-16/h2-13H,1H3,(H2-,24,26,27,29)/p+1. The van der Waals surface area contributed by atoms with Crippen molar-refractivity contribution in [3.05, 3.63) is 83.4 Å². The first kappa shape index (κ1) is 19.0. The smallest absolute Gasteiger partial charge is 0.303 e. The number of rotatable bonds is 4. The number of para-hydroxylation sites is 1. The number of aromatic nitrogens is 3. The number of carbonyl (C=O) groups is 1. The summed E-state index contributed by atoms with van der Waals surface area (Å²) >= 11 is 1.25. The first-order chi connectivity index (χ1) is 15.1. The predicted octanol–water partition coefficient (Wildman–Crippen LogP) is 4.37. The number of carbonyl (C=O) groups excluding carboxylic acids is 1. The maximum absolute atomic E-state index is 12.8. The summed E-state index contributed by atoms with van der Waals surface area (Å²) in [6.07, 6.45) is 1.60. The lowest BCUT2D eigenvalue weighted by molar-refractivity contribution is -0.670. The summed E-state index contributed by atoms with van der Waals surface area (Å²) in [7, 11) is 0. The lowest BCUT2D eigenvalue weighted by Crippen LogP contribution is -2.31. The lowest BCUT2D eigenvalue weighted by atomic mass is 10.1. The molecule has 3 N–H and O–H groups in total. The third-order valence-electron chi connectivity index (χ3n) is 4.87. The van der Waals surface area contributed by atoms with Crippen LogP contribution in [0.4, 0.5) is 11.6 Å². The molecule has 0 bridgehead atoms. The minimum absolute atomic E-state index is 0.221. The number of hydrogen-bond acceptors (Lipinski definition) is 6. The molecular weight excluding hydrogens is 410 g/mol. The second-order valence-corrected chi connectivity index (χ2v) is 8.06. The van der Waals surface area contributed by atoms with E-state index in [0.29, 0.717) is 15.4 Å². The Bertz CT molecular complexity index is 1390. The second-order valence-electron chi connectivity index (χ2n) is 7.06. The van der Waals surface area contributed by atoms with E-state index in [2.05, 4.69) is 10.6 Å². The third kappa shape index (κ3) is 3.64. The summed E-state index contributed by atoms with van der Waals surface area (Å²) in [5.41, 5.74) is 10.5. The summed E-state index contributed by atoms with van der Waals surface area (Å²) in [4.78, 5) is 18.6. The van der Waals surface area contributed by atoms with Gasteiger partial charge in [-0.15, -0.1) is 11.3 Å². The molecule has 0 aliphatic carbocycles. The number of nitrogens with two attached hydrogens (primary N) is 1. The molecule has 0 aliphatic heterocycles. The van der Waals surface area contributed by atoms with Crippen LogP contribution in [0.1, 0.15) is 15.2 Å². The van der Waals surface area contributed by atoms with Crippen molar-refractivity contribution in [2.45, 2.75) is 6.92 Å². The van der Waals surface area contributed by atoms with Crippen LogP contribution in [0.2, 0.25) is 0 Å². The van der Waals surface area contributed by atoms with Gasteiger partial charge in [0.05, 0.1) is 11.4 Å². The number of anilines is 2. The van der Waals surface area contributed by atoms with Crippen LogP contribution in [-0.2, 0) is 0 Å². The average Bonchev–Trinajstić information content (AvgIpc) is 3.39. The Morgan fingerprint density at radius 3 is 2.61 bits per heavy atom. The number of hydrogen-bond donors (Lipinski definition) is 2. The summed E-state index contributed by atoms with van der Waals surface area (Å²) in [6.45, 7) is 2.04. The molecule has 0 saturated heterocycles. The van der Waals surface area contributed by atoms with Crippen molar-refractivity contribution in [3.63, 3.8) is 0 Å². The highest BCUT2D eigenvalue weighted by Gasteiger charge is 2.21. The molecule has 0 radical (unpaired) electrons. The topological polar surface area (TPSA) is 97.9 Å². The largest absolute Gasteiger partial charge is 0.397 e. The molecule has 8 heteroatoms. The highest BCUT2D eigenvalue weighted by molar-refractivity contribution is 7.21. The van der Waals surface area contributed by atoms with Crippen LogP contribution in [-0.4, -0.2) is 16.2 Å². The number of thiophene rings is 1. The van der Waals surface area contributed by atoms with E-state index >= 15 is 0 Å². The van der Waals surface area contributed by atoms with Crippen molar-refractivity contribution in [3.8, 4) is 16.9 Å². The zero-order chi connectivity index (χ0) is 21.4. The van der Waals surface area contributed by atoms with Gasteiger partial charge in [0.15, 0.2) is 0 Å². The first-order valence-electron chi connectivity index (χ1n) is 9.60. The Kier molecular flexibility index (Phi) is 4.68. The van der Waals surface area contributed by atoms with Crippen LogP contribution in [0.3, 0.4) is 0 Å². The van der Waals surface area contributed by atoms with Crippen LogP contribution >= 0.6 is 11.3 Å². The van der Waals surface area contributed by atoms with E-state index < -0.39 is 0 Å². The van der Waals surface area contributed by atoms with Gasteiger partial charge in [-0.2, -0.15) is 0 Å². The Labute approximate surface area is 181 Å². The van der Waals surface area contributed by atoms with Gasteiger partial charge < -0.3 is 5.73 Å². The fraction of sp³-hybridized carbons (Fsp3) is 0.0435. The van der Waals surface area contributed by atoms with E-state index in [1.807, 2.05) is 73.7 Å². The van der Waals surface area contributed by atoms with Gasteiger partial charge >= 0.3 is 5.88 Å². The summed E-state index contributed by atoms with van der Waals surface area (Å²) in [6, 6.07) is 21.4. The molecule has 0 fully saturated rings. The van der Waals surface area contributed by atoms with Crippen molar-refractivity contribution in [2.75, 3.05) is 11.1 Å². The van der Waals surface area contributed by atoms with Crippen molar-refractivity contribution < 1.29 is 14.0 Å². The Morgan fingerprint density at radius 1 is 1.06 bits per heavy atom. The predicted molar refractivity (Wildman–Crippen MR) is 120 cm³/mol. The van der Waals surface area contributed by atoms with Crippen LogP contribution in [0.15, 0.2) is 77.4 Å². The quantitative estimate of drug-likeness (QED) is 0.414. The maximum atomic E-state index is 12.8. The van der Waals surface area contributed by atoms with E-state index in [4.69, 9.17) is 15.2 Å². The fourth-order valence-electron chi connectivity index (χ4n) is 3.22.